The number of nitrogens with one attached hydrogen (secondary N) is 1. The number of rotatable bonds is 1. The van der Waals surface area contributed by atoms with Crippen molar-refractivity contribution < 1.29 is 14.7 Å². The largest absolute Gasteiger partial charge is 0.493 e. The van der Waals surface area contributed by atoms with Gasteiger partial charge in [-0.2, -0.15) is 10.1 Å². The zero-order valence-corrected chi connectivity index (χ0v) is 17.2. The highest BCUT2D eigenvalue weighted by atomic mass is 16.3. The molecular formula is C23H17N5O4. The molecule has 0 saturated heterocycles. The molecule has 4 aromatic rings. The van der Waals surface area contributed by atoms with Crippen LogP contribution in [0, 0.1) is 6.92 Å². The van der Waals surface area contributed by atoms with Gasteiger partial charge in [0.2, 0.25) is 11.7 Å². The van der Waals surface area contributed by atoms with E-state index in [-0.39, 0.29) is 16.5 Å². The molecule has 0 spiro atoms. The third-order valence-electron chi connectivity index (χ3n) is 5.54. The second-order valence-corrected chi connectivity index (χ2v) is 7.41. The van der Waals surface area contributed by atoms with Crippen LogP contribution in [0.4, 0.5) is 5.69 Å². The number of nitrogens with zero attached hydrogens (tertiary/aromatic N) is 4. The number of ketones is 1. The zero-order valence-electron chi connectivity index (χ0n) is 17.2. The lowest BCUT2D eigenvalue weighted by molar-refractivity contribution is -0.113. The predicted octanol–water partition coefficient (Wildman–Crippen LogP) is 0.270. The van der Waals surface area contributed by atoms with E-state index < -0.39 is 23.1 Å². The van der Waals surface area contributed by atoms with Gasteiger partial charge in [0.1, 0.15) is 16.8 Å². The first-order chi connectivity index (χ1) is 15.4. The smallest absolute Gasteiger partial charge is 0.269 e. The number of pyridine rings is 1. The minimum Gasteiger partial charge on any atom is -0.493 e. The number of amides is 1. The fourth-order valence-corrected chi connectivity index (χ4v) is 3.86. The van der Waals surface area contributed by atoms with E-state index in [9.17, 15) is 19.5 Å². The first-order valence-electron chi connectivity index (χ1n) is 9.77. The number of aromatic amines is 1. The van der Waals surface area contributed by atoms with E-state index in [0.717, 1.165) is 0 Å². The number of aromatic nitrogens is 4. The molecule has 3 aromatic heterocycles. The summed E-state index contributed by atoms with van der Waals surface area (Å²) in [6.45, 7) is 1.67. The van der Waals surface area contributed by atoms with Crippen LogP contribution in [0.1, 0.15) is 21.6 Å². The molecule has 1 aromatic carbocycles. The summed E-state index contributed by atoms with van der Waals surface area (Å²) < 4.78 is 1.30. The summed E-state index contributed by atoms with van der Waals surface area (Å²) in [5.41, 5.74) is 0.984. The number of para-hydroxylation sites is 1. The Morgan fingerprint density at radius 1 is 1.06 bits per heavy atom. The quantitative estimate of drug-likeness (QED) is 0.450. The van der Waals surface area contributed by atoms with E-state index in [2.05, 4.69) is 15.2 Å². The first kappa shape index (κ1) is 19.4. The van der Waals surface area contributed by atoms with E-state index in [0.29, 0.717) is 27.8 Å². The molecule has 5 rings (SSSR count). The molecular weight excluding hydrogens is 410 g/mol. The summed E-state index contributed by atoms with van der Waals surface area (Å²) in [4.78, 5) is 44.8. The number of fused-ring (bicyclic) bond motifs is 2. The molecule has 0 aliphatic carbocycles. The lowest BCUT2D eigenvalue weighted by Crippen LogP contribution is -2.42. The third kappa shape index (κ3) is 2.75. The number of carbonyl (C=O) groups is 2. The lowest BCUT2D eigenvalue weighted by Gasteiger charge is -2.26. The van der Waals surface area contributed by atoms with Crippen molar-refractivity contribution in [3.8, 4) is 5.88 Å². The van der Waals surface area contributed by atoms with E-state index in [1.54, 1.807) is 62.6 Å². The highest BCUT2D eigenvalue weighted by molar-refractivity contribution is 6.51. The maximum Gasteiger partial charge on any atom is 0.269 e. The van der Waals surface area contributed by atoms with Crippen LogP contribution < -0.4 is 21.0 Å². The molecule has 4 heterocycles. The SMILES string of the molecule is Cc1n[nH]c(=C2\C(=O)c3ccccc3N(C)C2=O)/c1=C/c1c(O)nc2ccccn2c1=O. The van der Waals surface area contributed by atoms with Crippen molar-refractivity contribution in [2.24, 2.45) is 0 Å². The normalized spacial score (nSPS) is 16.1. The van der Waals surface area contributed by atoms with E-state index >= 15 is 0 Å². The van der Waals surface area contributed by atoms with Crippen LogP contribution in [0.25, 0.3) is 17.3 Å². The van der Waals surface area contributed by atoms with Gasteiger partial charge in [-0.15, -0.1) is 0 Å². The van der Waals surface area contributed by atoms with Crippen LogP contribution in [0.15, 0.2) is 53.5 Å². The molecule has 0 fully saturated rings. The molecule has 158 valence electrons. The molecule has 0 radical (unpaired) electrons. The van der Waals surface area contributed by atoms with Crippen molar-refractivity contribution in [3.05, 3.63) is 86.4 Å². The summed E-state index contributed by atoms with van der Waals surface area (Å²) in [7, 11) is 1.59. The Morgan fingerprint density at radius 2 is 1.81 bits per heavy atom. The summed E-state index contributed by atoms with van der Waals surface area (Å²) in [6.07, 6.45) is 2.94. The van der Waals surface area contributed by atoms with Gasteiger partial charge in [-0.1, -0.05) is 18.2 Å². The van der Waals surface area contributed by atoms with Crippen LogP contribution in [0.2, 0.25) is 0 Å². The Kier molecular flexibility index (Phi) is 4.26. The Balaban J connectivity index is 1.85. The first-order valence-corrected chi connectivity index (χ1v) is 9.77. The Morgan fingerprint density at radius 3 is 2.62 bits per heavy atom. The lowest BCUT2D eigenvalue weighted by atomic mass is 9.95. The second kappa shape index (κ2) is 7.02. The monoisotopic (exact) mass is 427 g/mol. The van der Waals surface area contributed by atoms with Crippen molar-refractivity contribution in [2.45, 2.75) is 6.92 Å². The number of H-pyrrole nitrogens is 1. The van der Waals surface area contributed by atoms with Crippen molar-refractivity contribution in [1.82, 2.24) is 19.6 Å². The molecule has 0 atom stereocenters. The Hall–Kier alpha value is -4.53. The van der Waals surface area contributed by atoms with E-state index in [1.165, 1.54) is 15.4 Å². The number of aryl methyl sites for hydroxylation is 1. The standard InChI is InChI=1S/C23H17N5O4/c1-12-14(11-15-21(30)24-17-9-5-6-10-28(17)22(15)31)19(26-25-12)18-20(29)13-7-3-4-8-16(13)27(2)23(18)32/h3-11,26,30H,1-2H3/b14-11+,19-18+. The minimum absolute atomic E-state index is 0.0792. The molecule has 9 nitrogen and oxygen atoms in total. The van der Waals surface area contributed by atoms with Crippen LogP contribution in [-0.4, -0.2) is 43.4 Å². The van der Waals surface area contributed by atoms with Gasteiger partial charge >= 0.3 is 0 Å². The molecule has 2 N–H and O–H groups in total. The van der Waals surface area contributed by atoms with Gasteiger partial charge in [0.25, 0.3) is 11.5 Å². The molecule has 32 heavy (non-hydrogen) atoms. The maximum atomic E-state index is 13.2. The summed E-state index contributed by atoms with van der Waals surface area (Å²) in [5, 5.41) is 17.8. The van der Waals surface area contributed by atoms with Crippen molar-refractivity contribution >= 4 is 34.7 Å². The van der Waals surface area contributed by atoms with Crippen LogP contribution in [0.5, 0.6) is 5.88 Å². The summed E-state index contributed by atoms with van der Waals surface area (Å²) >= 11 is 0. The molecule has 0 bridgehead atoms. The number of hydrogen-bond donors (Lipinski definition) is 2. The van der Waals surface area contributed by atoms with Crippen LogP contribution in [-0.2, 0) is 4.79 Å². The highest BCUT2D eigenvalue weighted by Crippen LogP contribution is 2.28. The van der Waals surface area contributed by atoms with Crippen molar-refractivity contribution in [1.29, 1.82) is 0 Å². The van der Waals surface area contributed by atoms with E-state index in [4.69, 9.17) is 0 Å². The minimum atomic E-state index is -0.496. The summed E-state index contributed by atoms with van der Waals surface area (Å²) in [5.74, 6) is -1.40. The zero-order chi connectivity index (χ0) is 22.6. The van der Waals surface area contributed by atoms with Gasteiger partial charge in [-0.3, -0.25) is 23.9 Å². The maximum absolute atomic E-state index is 13.2. The van der Waals surface area contributed by atoms with Crippen LogP contribution in [0.3, 0.4) is 0 Å². The molecule has 1 aliphatic rings. The predicted molar refractivity (Wildman–Crippen MR) is 117 cm³/mol. The molecule has 0 saturated carbocycles. The number of Topliss-reactive ketones (excluding diaryl/α,β-unsaturated/α-hetero) is 1. The van der Waals surface area contributed by atoms with Gasteiger partial charge in [0, 0.05) is 24.0 Å². The molecule has 1 aliphatic heterocycles. The van der Waals surface area contributed by atoms with Gasteiger partial charge in [-0.05, 0) is 37.3 Å². The Labute approximate surface area is 180 Å². The fourth-order valence-electron chi connectivity index (χ4n) is 3.86. The average Bonchev–Trinajstić information content (AvgIpc) is 3.15. The van der Waals surface area contributed by atoms with Gasteiger partial charge in [0.15, 0.2) is 0 Å². The summed E-state index contributed by atoms with van der Waals surface area (Å²) in [6, 6.07) is 11.8. The number of hydrogen-bond acceptors (Lipinski definition) is 6. The van der Waals surface area contributed by atoms with Crippen molar-refractivity contribution in [2.75, 3.05) is 11.9 Å². The fraction of sp³-hybridized carbons (Fsp3) is 0.0870. The van der Waals surface area contributed by atoms with Gasteiger partial charge in [0.05, 0.1) is 16.7 Å². The van der Waals surface area contributed by atoms with Gasteiger partial charge in [-0.25, -0.2) is 0 Å². The second-order valence-electron chi connectivity index (χ2n) is 7.41. The number of aromatic hydroxyl groups is 1. The third-order valence-corrected chi connectivity index (χ3v) is 5.54. The van der Waals surface area contributed by atoms with Gasteiger partial charge < -0.3 is 10.0 Å². The molecule has 1 amide bonds. The van der Waals surface area contributed by atoms with Crippen molar-refractivity contribution in [3.63, 3.8) is 0 Å². The topological polar surface area (TPSA) is 121 Å². The highest BCUT2D eigenvalue weighted by Gasteiger charge is 2.33. The number of carbonyl (C=O) groups excluding carboxylic acids is 2. The molecule has 0 unspecified atom stereocenters. The average molecular weight is 427 g/mol. The van der Waals surface area contributed by atoms with Crippen LogP contribution >= 0.6 is 0 Å². The Bertz CT molecular complexity index is 1630. The molecule has 9 heteroatoms. The van der Waals surface area contributed by atoms with E-state index in [1.807, 2.05) is 0 Å². The number of benzene rings is 1. The number of anilines is 1.